The standard InChI is InChI=1S/C23H26Cl2N4O2S/c1-14-22(15(2)29(28-14)13-17-5-7-18(24)19(25)11-17)27-23(32)26-10-9-16-6-8-20(30-3)21(12-16)31-4/h5-8,11-12H,9-10,13H2,1-4H3,(H2,26,27,32). The number of benzene rings is 2. The average Bonchev–Trinajstić information content (AvgIpc) is 3.03. The highest BCUT2D eigenvalue weighted by molar-refractivity contribution is 7.80. The second kappa shape index (κ2) is 10.9. The molecule has 0 atom stereocenters. The van der Waals surface area contributed by atoms with Gasteiger partial charge in [0.15, 0.2) is 16.6 Å². The maximum Gasteiger partial charge on any atom is 0.170 e. The van der Waals surface area contributed by atoms with Crippen LogP contribution in [0.25, 0.3) is 0 Å². The molecule has 0 fully saturated rings. The number of nitrogens with zero attached hydrogens (tertiary/aromatic N) is 2. The van der Waals surface area contributed by atoms with Crippen LogP contribution in [0.3, 0.4) is 0 Å². The molecular weight excluding hydrogens is 467 g/mol. The van der Waals surface area contributed by atoms with Gasteiger partial charge in [-0.25, -0.2) is 0 Å². The van der Waals surface area contributed by atoms with Crippen molar-refractivity contribution < 1.29 is 9.47 Å². The molecule has 1 heterocycles. The Morgan fingerprint density at radius 2 is 1.72 bits per heavy atom. The van der Waals surface area contributed by atoms with Crippen LogP contribution in [-0.4, -0.2) is 35.7 Å². The van der Waals surface area contributed by atoms with Gasteiger partial charge >= 0.3 is 0 Å². The molecule has 0 unspecified atom stereocenters. The Morgan fingerprint density at radius 1 is 1.00 bits per heavy atom. The summed E-state index contributed by atoms with van der Waals surface area (Å²) in [4.78, 5) is 0. The lowest BCUT2D eigenvalue weighted by molar-refractivity contribution is 0.354. The number of halogens is 2. The molecule has 0 saturated carbocycles. The molecule has 1 aromatic heterocycles. The third kappa shape index (κ3) is 5.85. The van der Waals surface area contributed by atoms with Crippen molar-refractivity contribution in [1.82, 2.24) is 15.1 Å². The highest BCUT2D eigenvalue weighted by atomic mass is 35.5. The van der Waals surface area contributed by atoms with Crippen molar-refractivity contribution in [3.8, 4) is 11.5 Å². The van der Waals surface area contributed by atoms with E-state index in [1.54, 1.807) is 20.3 Å². The van der Waals surface area contributed by atoms with E-state index in [1.807, 2.05) is 48.9 Å². The van der Waals surface area contributed by atoms with Crippen LogP contribution in [0.5, 0.6) is 11.5 Å². The molecule has 32 heavy (non-hydrogen) atoms. The highest BCUT2D eigenvalue weighted by Gasteiger charge is 2.13. The summed E-state index contributed by atoms with van der Waals surface area (Å²) in [6.45, 7) is 5.22. The van der Waals surface area contributed by atoms with E-state index in [4.69, 9.17) is 44.9 Å². The van der Waals surface area contributed by atoms with Crippen molar-refractivity contribution in [2.45, 2.75) is 26.8 Å². The number of hydrogen-bond acceptors (Lipinski definition) is 4. The van der Waals surface area contributed by atoms with Crippen molar-refractivity contribution >= 4 is 46.2 Å². The molecule has 0 aliphatic rings. The minimum atomic E-state index is 0.531. The molecule has 0 aliphatic heterocycles. The number of aromatic nitrogens is 2. The number of ether oxygens (including phenoxy) is 2. The van der Waals surface area contributed by atoms with E-state index in [1.165, 1.54) is 0 Å². The molecule has 6 nitrogen and oxygen atoms in total. The maximum atomic E-state index is 6.14. The van der Waals surface area contributed by atoms with E-state index in [9.17, 15) is 0 Å². The zero-order valence-corrected chi connectivity index (χ0v) is 20.8. The van der Waals surface area contributed by atoms with Crippen LogP contribution < -0.4 is 20.1 Å². The summed E-state index contributed by atoms with van der Waals surface area (Å²) in [5.74, 6) is 1.43. The normalized spacial score (nSPS) is 10.7. The zero-order chi connectivity index (χ0) is 23.3. The van der Waals surface area contributed by atoms with Crippen molar-refractivity contribution in [3.63, 3.8) is 0 Å². The second-order valence-corrected chi connectivity index (χ2v) is 8.49. The van der Waals surface area contributed by atoms with Gasteiger partial charge in [-0.3, -0.25) is 4.68 Å². The summed E-state index contributed by atoms with van der Waals surface area (Å²) >= 11 is 17.6. The van der Waals surface area contributed by atoms with E-state index < -0.39 is 0 Å². The first-order chi connectivity index (χ1) is 15.3. The molecule has 0 bridgehead atoms. The molecule has 0 amide bonds. The van der Waals surface area contributed by atoms with Crippen molar-refractivity contribution in [2.75, 3.05) is 26.1 Å². The first-order valence-electron chi connectivity index (χ1n) is 10.1. The lowest BCUT2D eigenvalue weighted by atomic mass is 10.1. The van der Waals surface area contributed by atoms with E-state index in [0.717, 1.165) is 34.6 Å². The number of thiocarbonyl (C=S) groups is 1. The molecule has 0 radical (unpaired) electrons. The second-order valence-electron chi connectivity index (χ2n) is 7.27. The van der Waals surface area contributed by atoms with Gasteiger partial charge in [0, 0.05) is 6.54 Å². The number of methoxy groups -OCH3 is 2. The lowest BCUT2D eigenvalue weighted by Gasteiger charge is -2.12. The molecule has 2 N–H and O–H groups in total. The third-order valence-electron chi connectivity index (χ3n) is 5.08. The van der Waals surface area contributed by atoms with Crippen LogP contribution in [0, 0.1) is 13.8 Å². The predicted molar refractivity (Wildman–Crippen MR) is 135 cm³/mol. The van der Waals surface area contributed by atoms with Gasteiger partial charge in [-0.2, -0.15) is 5.10 Å². The van der Waals surface area contributed by atoms with Gasteiger partial charge in [0.25, 0.3) is 0 Å². The largest absolute Gasteiger partial charge is 0.493 e. The fourth-order valence-corrected chi connectivity index (χ4v) is 3.88. The average molecular weight is 493 g/mol. The van der Waals surface area contributed by atoms with Crippen molar-refractivity contribution in [1.29, 1.82) is 0 Å². The van der Waals surface area contributed by atoms with Crippen molar-refractivity contribution in [2.24, 2.45) is 0 Å². The van der Waals surface area contributed by atoms with Crippen molar-refractivity contribution in [3.05, 3.63) is 69.0 Å². The highest BCUT2D eigenvalue weighted by Crippen LogP contribution is 2.28. The van der Waals surface area contributed by atoms with Crippen LogP contribution in [0.15, 0.2) is 36.4 Å². The van der Waals surface area contributed by atoms with Gasteiger partial charge in [0.1, 0.15) is 0 Å². The van der Waals surface area contributed by atoms with Crippen LogP contribution in [0.1, 0.15) is 22.5 Å². The summed E-state index contributed by atoms with van der Waals surface area (Å²) < 4.78 is 12.6. The maximum absolute atomic E-state index is 6.14. The third-order valence-corrected chi connectivity index (χ3v) is 6.07. The number of anilines is 1. The van der Waals surface area contributed by atoms with Gasteiger partial charge in [-0.15, -0.1) is 0 Å². The fourth-order valence-electron chi connectivity index (χ4n) is 3.36. The minimum absolute atomic E-state index is 0.531. The van der Waals surface area contributed by atoms with E-state index in [2.05, 4.69) is 15.7 Å². The topological polar surface area (TPSA) is 60.3 Å². The zero-order valence-electron chi connectivity index (χ0n) is 18.5. The smallest absolute Gasteiger partial charge is 0.170 e. The Balaban J connectivity index is 1.58. The Hall–Kier alpha value is -2.48. The molecule has 2 aromatic carbocycles. The molecular formula is C23H26Cl2N4O2S. The number of aryl methyl sites for hydroxylation is 1. The van der Waals surface area contributed by atoms with Crippen LogP contribution in [0.2, 0.25) is 10.0 Å². The van der Waals surface area contributed by atoms with Gasteiger partial charge in [0.2, 0.25) is 0 Å². The monoisotopic (exact) mass is 492 g/mol. The lowest BCUT2D eigenvalue weighted by Crippen LogP contribution is -2.30. The summed E-state index contributed by atoms with van der Waals surface area (Å²) in [5, 5.41) is 12.8. The molecule has 3 aromatic rings. The molecule has 170 valence electrons. The predicted octanol–water partition coefficient (Wildman–Crippen LogP) is 5.40. The van der Waals surface area contributed by atoms with E-state index in [0.29, 0.717) is 39.7 Å². The number of nitrogens with one attached hydrogen (secondary N) is 2. The van der Waals surface area contributed by atoms with Gasteiger partial charge in [0.05, 0.1) is 47.9 Å². The van der Waals surface area contributed by atoms with Crippen LogP contribution in [-0.2, 0) is 13.0 Å². The Bertz CT molecular complexity index is 1120. The van der Waals surface area contributed by atoms with Crippen LogP contribution in [0.4, 0.5) is 5.69 Å². The SMILES string of the molecule is COc1ccc(CCNC(=S)Nc2c(C)nn(Cc3ccc(Cl)c(Cl)c3)c2C)cc1OC. The molecule has 0 saturated heterocycles. The minimum Gasteiger partial charge on any atom is -0.493 e. The Labute approximate surface area is 203 Å². The number of rotatable bonds is 8. The number of hydrogen-bond donors (Lipinski definition) is 2. The first kappa shape index (κ1) is 24.2. The summed E-state index contributed by atoms with van der Waals surface area (Å²) in [6.07, 6.45) is 0.788. The Morgan fingerprint density at radius 3 is 2.41 bits per heavy atom. The Kier molecular flexibility index (Phi) is 8.23. The van der Waals surface area contributed by atoms with Gasteiger partial charge < -0.3 is 20.1 Å². The van der Waals surface area contributed by atoms with Gasteiger partial charge in [-0.1, -0.05) is 35.3 Å². The fraction of sp³-hybridized carbons (Fsp3) is 0.304. The van der Waals surface area contributed by atoms with Crippen LogP contribution >= 0.6 is 35.4 Å². The summed E-state index contributed by atoms with van der Waals surface area (Å²) in [6, 6.07) is 11.5. The molecule has 9 heteroatoms. The van der Waals surface area contributed by atoms with E-state index in [-0.39, 0.29) is 0 Å². The molecule has 3 rings (SSSR count). The van der Waals surface area contributed by atoms with Gasteiger partial charge in [-0.05, 0) is 67.9 Å². The summed E-state index contributed by atoms with van der Waals surface area (Å²) in [7, 11) is 3.26. The summed E-state index contributed by atoms with van der Waals surface area (Å²) in [5.41, 5.74) is 4.89. The molecule has 0 aliphatic carbocycles. The molecule has 0 spiro atoms. The quantitative estimate of drug-likeness (QED) is 0.410. The van der Waals surface area contributed by atoms with E-state index >= 15 is 0 Å². The first-order valence-corrected chi connectivity index (χ1v) is 11.2.